The molecule has 1 heterocycles. The normalized spacial score (nSPS) is 45.9. The maximum Gasteiger partial charge on any atom is 0.0965 e. The van der Waals surface area contributed by atoms with E-state index in [1.165, 1.54) is 12.8 Å². The summed E-state index contributed by atoms with van der Waals surface area (Å²) >= 11 is 0. The topological polar surface area (TPSA) is 12.0 Å². The highest BCUT2D eigenvalue weighted by atomic mass is 19.1. The van der Waals surface area contributed by atoms with Crippen LogP contribution in [0.1, 0.15) is 19.3 Å². The molecule has 2 atom stereocenters. The third kappa shape index (κ3) is 0.715. The van der Waals surface area contributed by atoms with Gasteiger partial charge in [-0.15, -0.1) is 0 Å². The quantitative estimate of drug-likeness (QED) is 0.584. The van der Waals surface area contributed by atoms with Crippen molar-refractivity contribution >= 4 is 0 Å². The van der Waals surface area contributed by atoms with Gasteiger partial charge in [-0.05, 0) is 25.3 Å². The maximum absolute atomic E-state index is 12.6. The molecular weight excluding hydrogens is 129 g/mol. The molecule has 0 aromatic heterocycles. The fraction of sp³-hybridized carbons (Fsp3) is 1.00. The summed E-state index contributed by atoms with van der Waals surface area (Å²) in [6.07, 6.45) is 3.61. The van der Waals surface area contributed by atoms with Crippen molar-refractivity contribution in [1.29, 1.82) is 0 Å². The van der Waals surface area contributed by atoms with E-state index in [0.717, 1.165) is 19.5 Å². The smallest absolute Gasteiger partial charge is 0.0965 e. The van der Waals surface area contributed by atoms with E-state index in [1.54, 1.807) is 0 Å². The summed E-state index contributed by atoms with van der Waals surface area (Å²) in [6.45, 7) is 1.88. The van der Waals surface area contributed by atoms with Crippen LogP contribution in [0.3, 0.4) is 0 Å². The number of hydrogen-bond acceptors (Lipinski definition) is 1. The summed E-state index contributed by atoms with van der Waals surface area (Å²) < 4.78 is 12.6. The fourth-order valence-electron chi connectivity index (χ4n) is 2.48. The second-order valence-corrected chi connectivity index (χ2v) is 3.72. The molecule has 2 aliphatic rings. The second-order valence-electron chi connectivity index (χ2n) is 3.72. The van der Waals surface area contributed by atoms with Crippen LogP contribution in [0.15, 0.2) is 0 Å². The maximum atomic E-state index is 12.6. The van der Waals surface area contributed by atoms with Crippen LogP contribution in [0, 0.1) is 11.3 Å². The summed E-state index contributed by atoms with van der Waals surface area (Å²) in [7, 11) is 0. The van der Waals surface area contributed by atoms with E-state index in [1.807, 2.05) is 0 Å². The minimum absolute atomic E-state index is 0.0694. The molecule has 0 aromatic carbocycles. The van der Waals surface area contributed by atoms with Gasteiger partial charge in [-0.2, -0.15) is 0 Å². The van der Waals surface area contributed by atoms with E-state index in [4.69, 9.17) is 0 Å². The van der Waals surface area contributed by atoms with E-state index in [0.29, 0.717) is 5.92 Å². The molecule has 1 aliphatic carbocycles. The summed E-state index contributed by atoms with van der Waals surface area (Å²) in [6, 6.07) is 0. The first-order valence-corrected chi connectivity index (χ1v) is 4.14. The lowest BCUT2D eigenvalue weighted by Crippen LogP contribution is -2.27. The van der Waals surface area contributed by atoms with Crippen molar-refractivity contribution in [3.05, 3.63) is 0 Å². The van der Waals surface area contributed by atoms with Crippen LogP contribution in [0.4, 0.5) is 4.39 Å². The molecule has 10 heavy (non-hydrogen) atoms. The predicted octanol–water partition coefficient (Wildman–Crippen LogP) is 1.35. The highest BCUT2D eigenvalue weighted by molar-refractivity contribution is 4.98. The van der Waals surface area contributed by atoms with Crippen molar-refractivity contribution in [2.24, 2.45) is 11.3 Å². The number of nitrogens with one attached hydrogen (secondary N) is 1. The SMILES string of the molecule is FC[C@]12CCC[C@H]1CNC2. The van der Waals surface area contributed by atoms with Gasteiger partial charge in [0.25, 0.3) is 0 Å². The van der Waals surface area contributed by atoms with E-state index >= 15 is 0 Å². The minimum Gasteiger partial charge on any atom is -0.316 e. The van der Waals surface area contributed by atoms with Gasteiger partial charge >= 0.3 is 0 Å². The van der Waals surface area contributed by atoms with Crippen molar-refractivity contribution in [3.63, 3.8) is 0 Å². The molecule has 1 N–H and O–H groups in total. The largest absolute Gasteiger partial charge is 0.316 e. The molecule has 1 nitrogen and oxygen atoms in total. The Labute approximate surface area is 61.0 Å². The zero-order chi connectivity index (χ0) is 7.03. The van der Waals surface area contributed by atoms with Crippen molar-refractivity contribution < 1.29 is 4.39 Å². The highest BCUT2D eigenvalue weighted by Crippen LogP contribution is 2.45. The number of fused-ring (bicyclic) bond motifs is 1. The zero-order valence-electron chi connectivity index (χ0n) is 6.20. The van der Waals surface area contributed by atoms with E-state index in [-0.39, 0.29) is 12.1 Å². The summed E-state index contributed by atoms with van der Waals surface area (Å²) in [5.74, 6) is 0.650. The van der Waals surface area contributed by atoms with Crippen molar-refractivity contribution in [2.45, 2.75) is 19.3 Å². The summed E-state index contributed by atoms with van der Waals surface area (Å²) in [5.41, 5.74) is 0.0694. The Balaban J connectivity index is 2.15. The Morgan fingerprint density at radius 3 is 3.20 bits per heavy atom. The molecular formula is C8H14FN. The van der Waals surface area contributed by atoms with Crippen LogP contribution in [-0.2, 0) is 0 Å². The average molecular weight is 143 g/mol. The molecule has 0 bridgehead atoms. The van der Waals surface area contributed by atoms with Crippen LogP contribution in [0.5, 0.6) is 0 Å². The predicted molar refractivity (Wildman–Crippen MR) is 38.6 cm³/mol. The van der Waals surface area contributed by atoms with Crippen LogP contribution < -0.4 is 5.32 Å². The third-order valence-corrected chi connectivity index (χ3v) is 3.23. The molecule has 58 valence electrons. The number of hydrogen-bond donors (Lipinski definition) is 1. The van der Waals surface area contributed by atoms with Crippen LogP contribution in [-0.4, -0.2) is 19.8 Å². The van der Waals surface area contributed by atoms with Crippen LogP contribution in [0.2, 0.25) is 0 Å². The first-order valence-electron chi connectivity index (χ1n) is 4.14. The molecule has 0 amide bonds. The first kappa shape index (κ1) is 6.59. The minimum atomic E-state index is -0.106. The Hall–Kier alpha value is -0.110. The van der Waals surface area contributed by atoms with Gasteiger partial charge in [-0.25, -0.2) is 0 Å². The molecule has 1 saturated heterocycles. The van der Waals surface area contributed by atoms with Gasteiger partial charge in [0.1, 0.15) is 0 Å². The molecule has 2 rings (SSSR count). The monoisotopic (exact) mass is 143 g/mol. The summed E-state index contributed by atoms with van der Waals surface area (Å²) in [5, 5.41) is 3.28. The van der Waals surface area contributed by atoms with Crippen LogP contribution in [0.25, 0.3) is 0 Å². The molecule has 1 aliphatic heterocycles. The molecule has 2 fully saturated rings. The fourth-order valence-corrected chi connectivity index (χ4v) is 2.48. The van der Waals surface area contributed by atoms with E-state index in [2.05, 4.69) is 5.32 Å². The molecule has 0 aromatic rings. The third-order valence-electron chi connectivity index (χ3n) is 3.23. The van der Waals surface area contributed by atoms with Gasteiger partial charge in [0, 0.05) is 12.0 Å². The van der Waals surface area contributed by atoms with Gasteiger partial charge < -0.3 is 5.32 Å². The number of halogens is 1. The van der Waals surface area contributed by atoms with Crippen molar-refractivity contribution in [3.8, 4) is 0 Å². The van der Waals surface area contributed by atoms with Gasteiger partial charge in [0.2, 0.25) is 0 Å². The first-order chi connectivity index (χ1) is 4.87. The molecule has 2 heteroatoms. The standard InChI is InChI=1S/C8H14FN/c9-5-8-3-1-2-7(8)4-10-6-8/h7,10H,1-6H2/t7-,8-/m0/s1. The molecule has 0 unspecified atom stereocenters. The number of rotatable bonds is 1. The van der Waals surface area contributed by atoms with Gasteiger partial charge in [-0.1, -0.05) is 6.42 Å². The Morgan fingerprint density at radius 1 is 1.60 bits per heavy atom. The van der Waals surface area contributed by atoms with Gasteiger partial charge in [0.15, 0.2) is 0 Å². The molecule has 1 saturated carbocycles. The van der Waals surface area contributed by atoms with Gasteiger partial charge in [0.05, 0.1) is 6.67 Å². The highest BCUT2D eigenvalue weighted by Gasteiger charge is 2.45. The Bertz CT molecular complexity index is 125. The number of alkyl halides is 1. The average Bonchev–Trinajstić information content (AvgIpc) is 2.42. The van der Waals surface area contributed by atoms with Gasteiger partial charge in [-0.3, -0.25) is 4.39 Å². The molecule has 0 spiro atoms. The molecule has 0 radical (unpaired) electrons. The lowest BCUT2D eigenvalue weighted by Gasteiger charge is -2.23. The Kier molecular flexibility index (Phi) is 1.44. The van der Waals surface area contributed by atoms with Crippen molar-refractivity contribution in [1.82, 2.24) is 5.32 Å². The van der Waals surface area contributed by atoms with E-state index in [9.17, 15) is 4.39 Å². The summed E-state index contributed by atoms with van der Waals surface area (Å²) in [4.78, 5) is 0. The lowest BCUT2D eigenvalue weighted by molar-refractivity contribution is 0.195. The second kappa shape index (κ2) is 2.19. The lowest BCUT2D eigenvalue weighted by atomic mass is 9.82. The van der Waals surface area contributed by atoms with Crippen LogP contribution >= 0.6 is 0 Å². The van der Waals surface area contributed by atoms with E-state index < -0.39 is 0 Å². The zero-order valence-corrected chi connectivity index (χ0v) is 6.20. The van der Waals surface area contributed by atoms with Crippen molar-refractivity contribution in [2.75, 3.05) is 19.8 Å². The Morgan fingerprint density at radius 2 is 2.50 bits per heavy atom.